The summed E-state index contributed by atoms with van der Waals surface area (Å²) in [7, 11) is 0. The van der Waals surface area contributed by atoms with Crippen molar-refractivity contribution in [1.29, 1.82) is 0 Å². The molecule has 0 bridgehead atoms. The van der Waals surface area contributed by atoms with E-state index in [0.29, 0.717) is 41.1 Å². The zero-order chi connectivity index (χ0) is 16.1. The van der Waals surface area contributed by atoms with Crippen molar-refractivity contribution in [3.8, 4) is 0 Å². The highest BCUT2D eigenvalue weighted by Gasteiger charge is 2.28. The number of carboxylic acids is 1. The number of nitrogens with zero attached hydrogens (tertiary/aromatic N) is 1. The number of halogens is 2. The molecule has 22 heavy (non-hydrogen) atoms. The van der Waals surface area contributed by atoms with Crippen molar-refractivity contribution >= 4 is 46.4 Å². The summed E-state index contributed by atoms with van der Waals surface area (Å²) in [6, 6.07) is 1.44. The highest BCUT2D eigenvalue weighted by atomic mass is 35.5. The van der Waals surface area contributed by atoms with E-state index >= 15 is 0 Å². The van der Waals surface area contributed by atoms with E-state index in [1.54, 1.807) is 4.90 Å². The summed E-state index contributed by atoms with van der Waals surface area (Å²) in [5.74, 6) is -0.958. The second kappa shape index (κ2) is 8.15. The van der Waals surface area contributed by atoms with Crippen LogP contribution in [0.25, 0.3) is 0 Å². The minimum atomic E-state index is -0.923. The van der Waals surface area contributed by atoms with Crippen LogP contribution < -0.4 is 0 Å². The van der Waals surface area contributed by atoms with E-state index in [1.807, 2.05) is 6.07 Å². The van der Waals surface area contributed by atoms with Gasteiger partial charge in [-0.3, -0.25) is 9.59 Å². The molecule has 1 unspecified atom stereocenters. The highest BCUT2D eigenvalue weighted by Crippen LogP contribution is 2.32. The SMILES string of the molecule is O=C(O)CC1COCCN1C(=O)CCCc1cc(Cl)sc1Cl. The van der Waals surface area contributed by atoms with E-state index in [-0.39, 0.29) is 25.0 Å². The summed E-state index contributed by atoms with van der Waals surface area (Å²) in [5.41, 5.74) is 0.952. The summed E-state index contributed by atoms with van der Waals surface area (Å²) >= 11 is 13.2. The summed E-state index contributed by atoms with van der Waals surface area (Å²) in [5, 5.41) is 8.90. The standard InChI is InChI=1S/C14H17Cl2NO4S/c15-11-6-9(14(16)22-11)2-1-3-12(18)17-4-5-21-8-10(17)7-13(19)20/h6,10H,1-5,7-8H2,(H,19,20). The summed E-state index contributed by atoms with van der Waals surface area (Å²) < 4.78 is 6.57. The highest BCUT2D eigenvalue weighted by molar-refractivity contribution is 7.20. The Morgan fingerprint density at radius 2 is 2.23 bits per heavy atom. The number of rotatable bonds is 6. The number of thiophene rings is 1. The number of amides is 1. The summed E-state index contributed by atoms with van der Waals surface area (Å²) in [6.45, 7) is 1.18. The van der Waals surface area contributed by atoms with Crippen molar-refractivity contribution in [2.24, 2.45) is 0 Å². The van der Waals surface area contributed by atoms with E-state index in [0.717, 1.165) is 5.56 Å². The van der Waals surface area contributed by atoms with E-state index in [4.69, 9.17) is 33.0 Å². The van der Waals surface area contributed by atoms with Crippen LogP contribution in [0.1, 0.15) is 24.8 Å². The molecule has 1 aromatic heterocycles. The molecule has 2 heterocycles. The van der Waals surface area contributed by atoms with Crippen molar-refractivity contribution < 1.29 is 19.4 Å². The van der Waals surface area contributed by atoms with Gasteiger partial charge in [0.15, 0.2) is 0 Å². The number of morpholine rings is 1. The lowest BCUT2D eigenvalue weighted by Gasteiger charge is -2.35. The largest absolute Gasteiger partial charge is 0.481 e. The number of aryl methyl sites for hydroxylation is 1. The molecule has 1 amide bonds. The quantitative estimate of drug-likeness (QED) is 0.840. The molecule has 0 radical (unpaired) electrons. The predicted molar refractivity (Wildman–Crippen MR) is 85.8 cm³/mol. The maximum Gasteiger partial charge on any atom is 0.305 e. The van der Waals surface area contributed by atoms with Crippen molar-refractivity contribution in [1.82, 2.24) is 4.90 Å². The van der Waals surface area contributed by atoms with Gasteiger partial charge in [0.1, 0.15) is 0 Å². The molecule has 1 aromatic rings. The molecule has 0 saturated carbocycles. The lowest BCUT2D eigenvalue weighted by molar-refractivity contribution is -0.146. The van der Waals surface area contributed by atoms with E-state index in [1.165, 1.54) is 11.3 Å². The van der Waals surface area contributed by atoms with Crippen molar-refractivity contribution in [2.75, 3.05) is 19.8 Å². The first-order chi connectivity index (χ1) is 10.5. The molecule has 1 N–H and O–H groups in total. The Morgan fingerprint density at radius 3 is 2.86 bits per heavy atom. The van der Waals surface area contributed by atoms with Gasteiger partial charge in [-0.2, -0.15) is 0 Å². The molecule has 0 spiro atoms. The third kappa shape index (κ3) is 4.84. The number of ether oxygens (including phenoxy) is 1. The van der Waals surface area contributed by atoms with Gasteiger partial charge in [-0.25, -0.2) is 0 Å². The Labute approximate surface area is 142 Å². The fraction of sp³-hybridized carbons (Fsp3) is 0.571. The van der Waals surface area contributed by atoms with Crippen molar-refractivity contribution in [3.05, 3.63) is 20.3 Å². The number of carbonyl (C=O) groups is 2. The third-order valence-electron chi connectivity index (χ3n) is 3.52. The second-order valence-electron chi connectivity index (χ2n) is 5.12. The van der Waals surface area contributed by atoms with Crippen LogP contribution in [-0.4, -0.2) is 47.7 Å². The molecule has 1 atom stereocenters. The van der Waals surface area contributed by atoms with Crippen molar-refractivity contribution in [2.45, 2.75) is 31.7 Å². The Kier molecular flexibility index (Phi) is 6.50. The first kappa shape index (κ1) is 17.5. The van der Waals surface area contributed by atoms with Gasteiger partial charge in [0.2, 0.25) is 5.91 Å². The maximum absolute atomic E-state index is 12.3. The van der Waals surface area contributed by atoms with Gasteiger partial charge in [-0.15, -0.1) is 11.3 Å². The molecule has 0 aromatic carbocycles. The van der Waals surface area contributed by atoms with Crippen LogP contribution in [0, 0.1) is 0 Å². The van der Waals surface area contributed by atoms with Crippen LogP contribution in [0.2, 0.25) is 8.67 Å². The Bertz CT molecular complexity index is 549. The minimum absolute atomic E-state index is 0.0352. The summed E-state index contributed by atoms with van der Waals surface area (Å²) in [6.07, 6.45) is 1.61. The predicted octanol–water partition coefficient (Wildman–Crippen LogP) is 3.08. The fourth-order valence-electron chi connectivity index (χ4n) is 2.47. The average Bonchev–Trinajstić information content (AvgIpc) is 2.77. The smallest absolute Gasteiger partial charge is 0.305 e. The van der Waals surface area contributed by atoms with E-state index in [2.05, 4.69) is 0 Å². The first-order valence-electron chi connectivity index (χ1n) is 7.00. The zero-order valence-corrected chi connectivity index (χ0v) is 14.2. The zero-order valence-electron chi connectivity index (χ0n) is 11.9. The molecule has 1 aliphatic heterocycles. The van der Waals surface area contributed by atoms with E-state index in [9.17, 15) is 9.59 Å². The van der Waals surface area contributed by atoms with Gasteiger partial charge in [0, 0.05) is 13.0 Å². The molecular formula is C14H17Cl2NO4S. The van der Waals surface area contributed by atoms with Gasteiger partial charge in [-0.1, -0.05) is 23.2 Å². The van der Waals surface area contributed by atoms with E-state index < -0.39 is 5.97 Å². The van der Waals surface area contributed by atoms with Gasteiger partial charge in [0.05, 0.1) is 34.3 Å². The Morgan fingerprint density at radius 1 is 1.45 bits per heavy atom. The Hall–Kier alpha value is -0.820. The van der Waals surface area contributed by atoms with Crippen LogP contribution in [0.3, 0.4) is 0 Å². The first-order valence-corrected chi connectivity index (χ1v) is 8.57. The Balaban J connectivity index is 1.84. The summed E-state index contributed by atoms with van der Waals surface area (Å²) in [4.78, 5) is 24.8. The van der Waals surface area contributed by atoms with Crippen LogP contribution in [0.4, 0.5) is 0 Å². The van der Waals surface area contributed by atoms with Crippen LogP contribution in [-0.2, 0) is 20.7 Å². The number of hydrogen-bond donors (Lipinski definition) is 1. The molecule has 1 aliphatic rings. The number of carboxylic acid groups (broad SMARTS) is 1. The molecule has 5 nitrogen and oxygen atoms in total. The maximum atomic E-state index is 12.3. The van der Waals surface area contributed by atoms with Gasteiger partial charge in [0.25, 0.3) is 0 Å². The number of aliphatic carboxylic acids is 1. The topological polar surface area (TPSA) is 66.8 Å². The molecule has 1 fully saturated rings. The fourth-order valence-corrected chi connectivity index (χ4v) is 4.02. The lowest BCUT2D eigenvalue weighted by atomic mass is 10.1. The van der Waals surface area contributed by atoms with Gasteiger partial charge >= 0.3 is 5.97 Å². The number of carbonyl (C=O) groups excluding carboxylic acids is 1. The van der Waals surface area contributed by atoms with Gasteiger partial charge < -0.3 is 14.7 Å². The molecule has 122 valence electrons. The number of hydrogen-bond acceptors (Lipinski definition) is 4. The second-order valence-corrected chi connectivity index (χ2v) is 7.40. The minimum Gasteiger partial charge on any atom is -0.481 e. The van der Waals surface area contributed by atoms with Crippen molar-refractivity contribution in [3.63, 3.8) is 0 Å². The average molecular weight is 366 g/mol. The lowest BCUT2D eigenvalue weighted by Crippen LogP contribution is -2.49. The van der Waals surface area contributed by atoms with Crippen LogP contribution in [0.5, 0.6) is 0 Å². The monoisotopic (exact) mass is 365 g/mol. The van der Waals surface area contributed by atoms with Crippen LogP contribution in [0.15, 0.2) is 6.07 Å². The van der Waals surface area contributed by atoms with Crippen LogP contribution >= 0.6 is 34.5 Å². The molecule has 8 heteroatoms. The molecule has 1 saturated heterocycles. The molecule has 2 rings (SSSR count). The third-order valence-corrected chi connectivity index (χ3v) is 5.09. The molecule has 0 aliphatic carbocycles. The molecular weight excluding hydrogens is 349 g/mol. The van der Waals surface area contributed by atoms with Gasteiger partial charge in [-0.05, 0) is 24.5 Å². The normalized spacial score (nSPS) is 18.5.